The maximum absolute atomic E-state index is 11.9. The number of rotatable bonds is 7. The molecule has 1 amide bonds. The van der Waals surface area contributed by atoms with E-state index in [-0.39, 0.29) is 18.3 Å². The van der Waals surface area contributed by atoms with E-state index in [0.717, 1.165) is 15.7 Å². The van der Waals surface area contributed by atoms with E-state index in [2.05, 4.69) is 0 Å². The highest BCUT2D eigenvalue weighted by atomic mass is 35.5. The van der Waals surface area contributed by atoms with Crippen LogP contribution in [0.2, 0.25) is 5.02 Å². The molecule has 0 fully saturated rings. The zero-order valence-electron chi connectivity index (χ0n) is 13.8. The largest absolute Gasteiger partial charge is 0.455 e. The van der Waals surface area contributed by atoms with Gasteiger partial charge in [0, 0.05) is 28.4 Å². The predicted octanol–water partition coefficient (Wildman–Crippen LogP) is 4.00. The average Bonchev–Trinajstić information content (AvgIpc) is 2.59. The molecule has 0 aliphatic carbocycles. The molecule has 0 unspecified atom stereocenters. The van der Waals surface area contributed by atoms with Gasteiger partial charge < -0.3 is 9.64 Å². The van der Waals surface area contributed by atoms with Crippen molar-refractivity contribution in [3.05, 3.63) is 41.4 Å². The fourth-order valence-corrected chi connectivity index (χ4v) is 3.61. The smallest absolute Gasteiger partial charge is 0.316 e. The summed E-state index contributed by atoms with van der Waals surface area (Å²) in [4.78, 5) is 26.3. The Morgan fingerprint density at radius 2 is 1.79 bits per heavy atom. The van der Waals surface area contributed by atoms with Gasteiger partial charge in [0.05, 0.1) is 5.75 Å². The van der Waals surface area contributed by atoms with E-state index in [0.29, 0.717) is 18.1 Å². The first-order chi connectivity index (χ1) is 11.6. The Morgan fingerprint density at radius 1 is 1.12 bits per heavy atom. The van der Waals surface area contributed by atoms with Crippen LogP contribution in [0.15, 0.2) is 41.3 Å². The van der Waals surface area contributed by atoms with Gasteiger partial charge in [0.25, 0.3) is 5.91 Å². The number of fused-ring (bicyclic) bond motifs is 1. The van der Waals surface area contributed by atoms with Crippen LogP contribution in [-0.2, 0) is 14.3 Å². The third-order valence-electron chi connectivity index (χ3n) is 3.63. The molecule has 0 atom stereocenters. The van der Waals surface area contributed by atoms with E-state index >= 15 is 0 Å². The Kier molecular flexibility index (Phi) is 6.94. The van der Waals surface area contributed by atoms with E-state index in [1.807, 2.05) is 50.2 Å². The van der Waals surface area contributed by atoms with Crippen LogP contribution < -0.4 is 0 Å². The molecule has 0 saturated carbocycles. The molecule has 0 spiro atoms. The van der Waals surface area contributed by atoms with Gasteiger partial charge in [0.2, 0.25) is 0 Å². The number of carbonyl (C=O) groups excluding carboxylic acids is 2. The van der Waals surface area contributed by atoms with E-state index < -0.39 is 5.97 Å². The Balaban J connectivity index is 1.94. The van der Waals surface area contributed by atoms with E-state index in [9.17, 15) is 9.59 Å². The number of hydrogen-bond donors (Lipinski definition) is 0. The minimum absolute atomic E-state index is 0.135. The molecule has 4 nitrogen and oxygen atoms in total. The summed E-state index contributed by atoms with van der Waals surface area (Å²) in [6.45, 7) is 4.79. The lowest BCUT2D eigenvalue weighted by Gasteiger charge is -2.18. The molecule has 0 N–H and O–H groups in total. The number of esters is 1. The monoisotopic (exact) mass is 365 g/mol. The van der Waals surface area contributed by atoms with Crippen molar-refractivity contribution in [1.82, 2.24) is 4.90 Å². The first-order valence-corrected chi connectivity index (χ1v) is 9.16. The topological polar surface area (TPSA) is 46.6 Å². The Hall–Kier alpha value is -1.72. The minimum Gasteiger partial charge on any atom is -0.455 e. The summed E-state index contributed by atoms with van der Waals surface area (Å²) < 4.78 is 5.07. The molecule has 128 valence electrons. The van der Waals surface area contributed by atoms with Gasteiger partial charge in [0.15, 0.2) is 6.61 Å². The molecule has 6 heteroatoms. The molecule has 0 bridgehead atoms. The maximum Gasteiger partial charge on any atom is 0.316 e. The van der Waals surface area contributed by atoms with Crippen molar-refractivity contribution >= 4 is 46.0 Å². The van der Waals surface area contributed by atoms with Crippen LogP contribution in [0.1, 0.15) is 13.8 Å². The van der Waals surface area contributed by atoms with Crippen LogP contribution in [0.3, 0.4) is 0 Å². The summed E-state index contributed by atoms with van der Waals surface area (Å²) in [5.74, 6) is -0.452. The fraction of sp³-hybridized carbons (Fsp3) is 0.333. The number of hydrogen-bond acceptors (Lipinski definition) is 4. The van der Waals surface area contributed by atoms with Gasteiger partial charge in [-0.25, -0.2) is 0 Å². The SMILES string of the molecule is CCN(CC)C(=O)COC(=O)CSc1cccc2cccc(Cl)c12. The zero-order valence-corrected chi connectivity index (χ0v) is 15.3. The first-order valence-electron chi connectivity index (χ1n) is 7.80. The predicted molar refractivity (Wildman–Crippen MR) is 98.6 cm³/mol. The molecule has 0 aromatic heterocycles. The second kappa shape index (κ2) is 8.94. The van der Waals surface area contributed by atoms with E-state index in [1.165, 1.54) is 11.8 Å². The summed E-state index contributed by atoms with van der Waals surface area (Å²) in [6, 6.07) is 11.5. The second-order valence-electron chi connectivity index (χ2n) is 5.11. The first kappa shape index (κ1) is 18.6. The normalized spacial score (nSPS) is 10.6. The molecule has 0 radical (unpaired) electrons. The maximum atomic E-state index is 11.9. The summed E-state index contributed by atoms with van der Waals surface area (Å²) in [6.07, 6.45) is 0. The molecule has 0 heterocycles. The summed E-state index contributed by atoms with van der Waals surface area (Å²) >= 11 is 7.63. The highest BCUT2D eigenvalue weighted by molar-refractivity contribution is 8.00. The van der Waals surface area contributed by atoms with Crippen molar-refractivity contribution in [3.63, 3.8) is 0 Å². The molecule has 0 aliphatic heterocycles. The van der Waals surface area contributed by atoms with Crippen molar-refractivity contribution in [2.24, 2.45) is 0 Å². The zero-order chi connectivity index (χ0) is 17.5. The molecule has 0 saturated heterocycles. The number of nitrogens with zero attached hydrogens (tertiary/aromatic N) is 1. The Bertz CT molecular complexity index is 726. The van der Waals surface area contributed by atoms with Crippen molar-refractivity contribution in [3.8, 4) is 0 Å². The number of amides is 1. The minimum atomic E-state index is -0.412. The number of thioether (sulfide) groups is 1. The van der Waals surface area contributed by atoms with E-state index in [4.69, 9.17) is 16.3 Å². The Morgan fingerprint density at radius 3 is 2.46 bits per heavy atom. The molecule has 24 heavy (non-hydrogen) atoms. The van der Waals surface area contributed by atoms with Crippen LogP contribution in [-0.4, -0.2) is 42.2 Å². The van der Waals surface area contributed by atoms with Gasteiger partial charge in [-0.15, -0.1) is 11.8 Å². The van der Waals surface area contributed by atoms with Crippen molar-refractivity contribution < 1.29 is 14.3 Å². The third kappa shape index (κ3) is 4.65. The average molecular weight is 366 g/mol. The number of likely N-dealkylation sites (N-methyl/N-ethyl adjacent to an activating group) is 1. The van der Waals surface area contributed by atoms with Gasteiger partial charge in [-0.2, -0.15) is 0 Å². The van der Waals surface area contributed by atoms with Gasteiger partial charge in [-0.1, -0.05) is 35.9 Å². The quantitative estimate of drug-likeness (QED) is 0.549. The second-order valence-corrected chi connectivity index (χ2v) is 6.53. The van der Waals surface area contributed by atoms with E-state index in [1.54, 1.807) is 4.90 Å². The fourth-order valence-electron chi connectivity index (χ4n) is 2.37. The molecule has 0 aliphatic rings. The van der Waals surface area contributed by atoms with Crippen LogP contribution in [0, 0.1) is 0 Å². The summed E-state index contributed by atoms with van der Waals surface area (Å²) in [7, 11) is 0. The van der Waals surface area contributed by atoms with Crippen LogP contribution in [0.5, 0.6) is 0 Å². The van der Waals surface area contributed by atoms with Gasteiger partial charge >= 0.3 is 5.97 Å². The standard InChI is InChI=1S/C18H20ClNO3S/c1-3-20(4-2)16(21)11-23-17(22)12-24-15-10-6-8-13-7-5-9-14(19)18(13)15/h5-10H,3-4,11-12H2,1-2H3. The summed E-state index contributed by atoms with van der Waals surface area (Å²) in [5, 5.41) is 2.61. The van der Waals surface area contributed by atoms with Crippen LogP contribution in [0.25, 0.3) is 10.8 Å². The highest BCUT2D eigenvalue weighted by Gasteiger charge is 2.13. The van der Waals surface area contributed by atoms with Crippen molar-refractivity contribution in [2.75, 3.05) is 25.4 Å². The molecule has 2 rings (SSSR count). The number of halogens is 1. The lowest BCUT2D eigenvalue weighted by molar-refractivity contribution is -0.149. The van der Waals surface area contributed by atoms with Gasteiger partial charge in [-0.05, 0) is 31.4 Å². The van der Waals surface area contributed by atoms with Gasteiger partial charge in [-0.3, -0.25) is 9.59 Å². The lowest BCUT2D eigenvalue weighted by atomic mass is 10.1. The lowest BCUT2D eigenvalue weighted by Crippen LogP contribution is -2.34. The third-order valence-corrected chi connectivity index (χ3v) is 4.98. The van der Waals surface area contributed by atoms with Crippen LogP contribution >= 0.6 is 23.4 Å². The van der Waals surface area contributed by atoms with Crippen molar-refractivity contribution in [2.45, 2.75) is 18.7 Å². The van der Waals surface area contributed by atoms with Gasteiger partial charge in [0.1, 0.15) is 0 Å². The summed E-state index contributed by atoms with van der Waals surface area (Å²) in [5.41, 5.74) is 0. The molecule has 2 aromatic rings. The number of carbonyl (C=O) groups is 2. The number of ether oxygens (including phenoxy) is 1. The van der Waals surface area contributed by atoms with Crippen LogP contribution in [0.4, 0.5) is 0 Å². The molecular formula is C18H20ClNO3S. The number of benzene rings is 2. The van der Waals surface area contributed by atoms with Crippen molar-refractivity contribution in [1.29, 1.82) is 0 Å². The molecular weight excluding hydrogens is 346 g/mol. The highest BCUT2D eigenvalue weighted by Crippen LogP contribution is 2.33. The Labute approximate surface area is 151 Å². The molecule has 2 aromatic carbocycles.